The zero-order valence-electron chi connectivity index (χ0n) is 11.6. The number of carbonyl (C=O) groups is 2. The molecule has 0 unspecified atom stereocenters. The average molecular weight is 334 g/mol. The van der Waals surface area contributed by atoms with Gasteiger partial charge in [-0.1, -0.05) is 22.9 Å². The Hall–Kier alpha value is -1.38. The van der Waals surface area contributed by atoms with E-state index in [4.69, 9.17) is 16.3 Å². The monoisotopic (exact) mass is 333 g/mol. The molecule has 1 aliphatic rings. The molecule has 1 aromatic heterocycles. The van der Waals surface area contributed by atoms with Gasteiger partial charge in [-0.3, -0.25) is 4.79 Å². The van der Waals surface area contributed by atoms with Crippen LogP contribution < -0.4 is 5.32 Å². The van der Waals surface area contributed by atoms with Gasteiger partial charge in [-0.05, 0) is 0 Å². The van der Waals surface area contributed by atoms with Crippen LogP contribution in [-0.2, 0) is 14.3 Å². The highest BCUT2D eigenvalue weighted by Crippen LogP contribution is 2.27. The van der Waals surface area contributed by atoms with E-state index in [1.54, 1.807) is 4.90 Å². The quantitative estimate of drug-likeness (QED) is 0.817. The van der Waals surface area contributed by atoms with Crippen molar-refractivity contribution in [2.75, 3.05) is 45.3 Å². The summed E-state index contributed by atoms with van der Waals surface area (Å²) in [5, 5.41) is 3.59. The third-order valence-electron chi connectivity index (χ3n) is 2.94. The van der Waals surface area contributed by atoms with Crippen molar-refractivity contribution >= 4 is 39.9 Å². The summed E-state index contributed by atoms with van der Waals surface area (Å²) in [6.45, 7) is 2.87. The van der Waals surface area contributed by atoms with E-state index in [0.717, 1.165) is 11.3 Å². The van der Waals surface area contributed by atoms with Gasteiger partial charge in [0.05, 0.1) is 20.3 Å². The lowest BCUT2D eigenvalue weighted by molar-refractivity contribution is -0.134. The average Bonchev–Trinajstić information content (AvgIpc) is 2.88. The highest BCUT2D eigenvalue weighted by molar-refractivity contribution is 7.18. The first-order valence-corrected chi connectivity index (χ1v) is 7.65. The molecule has 1 amide bonds. The normalized spacial score (nSPS) is 14.9. The lowest BCUT2D eigenvalue weighted by Crippen LogP contribution is -2.41. The topological polar surface area (TPSA) is 80.8 Å². The minimum atomic E-state index is -0.519. The summed E-state index contributed by atoms with van der Waals surface area (Å²) < 4.78 is 9.80. The molecule has 1 aromatic rings. The second-order valence-corrected chi connectivity index (χ2v) is 5.66. The number of methoxy groups -OCH3 is 1. The number of morpholine rings is 1. The zero-order chi connectivity index (χ0) is 15.2. The van der Waals surface area contributed by atoms with Crippen LogP contribution in [0.25, 0.3) is 0 Å². The van der Waals surface area contributed by atoms with E-state index in [0.29, 0.717) is 44.4 Å². The molecular formula is C12H16ClN3O4S. The van der Waals surface area contributed by atoms with Crippen molar-refractivity contribution in [3.8, 4) is 0 Å². The SMILES string of the molecule is COC(=O)c1sc(NCCC(=O)N2CCOCC2)nc1Cl. The Morgan fingerprint density at radius 3 is 2.86 bits per heavy atom. The number of ether oxygens (including phenoxy) is 2. The van der Waals surface area contributed by atoms with E-state index in [1.165, 1.54) is 7.11 Å². The largest absolute Gasteiger partial charge is 0.465 e. The lowest BCUT2D eigenvalue weighted by atomic mass is 10.3. The molecule has 9 heteroatoms. The van der Waals surface area contributed by atoms with Crippen molar-refractivity contribution in [2.45, 2.75) is 6.42 Å². The molecule has 0 spiro atoms. The molecule has 1 fully saturated rings. The van der Waals surface area contributed by atoms with E-state index in [9.17, 15) is 9.59 Å². The number of halogens is 1. The fourth-order valence-electron chi connectivity index (χ4n) is 1.84. The fraction of sp³-hybridized carbons (Fsp3) is 0.583. The molecule has 2 rings (SSSR count). The van der Waals surface area contributed by atoms with Gasteiger partial charge in [-0.25, -0.2) is 9.78 Å². The van der Waals surface area contributed by atoms with Gasteiger partial charge in [0.2, 0.25) is 5.91 Å². The number of esters is 1. The van der Waals surface area contributed by atoms with Crippen LogP contribution in [0.5, 0.6) is 0 Å². The molecule has 1 saturated heterocycles. The molecule has 0 atom stereocenters. The fourth-order valence-corrected chi connectivity index (χ4v) is 2.97. The van der Waals surface area contributed by atoms with Crippen LogP contribution in [0.3, 0.4) is 0 Å². The number of thiazole rings is 1. The molecule has 116 valence electrons. The van der Waals surface area contributed by atoms with E-state index in [-0.39, 0.29) is 15.9 Å². The first-order valence-electron chi connectivity index (χ1n) is 6.46. The van der Waals surface area contributed by atoms with Gasteiger partial charge in [0.1, 0.15) is 0 Å². The molecule has 0 radical (unpaired) electrons. The van der Waals surface area contributed by atoms with Gasteiger partial charge in [-0.15, -0.1) is 0 Å². The summed E-state index contributed by atoms with van der Waals surface area (Å²) in [5.74, 6) is -0.448. The number of hydrogen-bond donors (Lipinski definition) is 1. The lowest BCUT2D eigenvalue weighted by Gasteiger charge is -2.26. The van der Waals surface area contributed by atoms with Crippen molar-refractivity contribution in [3.63, 3.8) is 0 Å². The van der Waals surface area contributed by atoms with Gasteiger partial charge in [-0.2, -0.15) is 0 Å². The number of anilines is 1. The summed E-state index contributed by atoms with van der Waals surface area (Å²) in [6.07, 6.45) is 0.352. The van der Waals surface area contributed by atoms with Crippen LogP contribution in [0.15, 0.2) is 0 Å². The molecule has 21 heavy (non-hydrogen) atoms. The molecular weight excluding hydrogens is 318 g/mol. The van der Waals surface area contributed by atoms with Crippen molar-refractivity contribution in [3.05, 3.63) is 10.0 Å². The smallest absolute Gasteiger partial charge is 0.351 e. The van der Waals surface area contributed by atoms with Crippen molar-refractivity contribution in [1.29, 1.82) is 0 Å². The Kier molecular flexibility index (Phi) is 5.77. The van der Waals surface area contributed by atoms with E-state index >= 15 is 0 Å². The Morgan fingerprint density at radius 2 is 2.19 bits per heavy atom. The third kappa shape index (κ3) is 4.29. The molecule has 0 aromatic carbocycles. The summed E-state index contributed by atoms with van der Waals surface area (Å²) in [6, 6.07) is 0. The number of amides is 1. The summed E-state index contributed by atoms with van der Waals surface area (Å²) >= 11 is 6.96. The van der Waals surface area contributed by atoms with Crippen LogP contribution in [0.4, 0.5) is 5.13 Å². The standard InChI is InChI=1S/C12H16ClN3O4S/c1-19-11(18)9-10(13)15-12(21-9)14-3-2-8(17)16-4-6-20-7-5-16/h2-7H2,1H3,(H,14,15). The van der Waals surface area contributed by atoms with Gasteiger partial charge < -0.3 is 19.7 Å². The Balaban J connectivity index is 1.80. The Bertz CT molecular complexity index is 517. The molecule has 1 N–H and O–H groups in total. The molecule has 0 aliphatic carbocycles. The van der Waals surface area contributed by atoms with Gasteiger partial charge in [0.15, 0.2) is 15.2 Å². The number of nitrogens with one attached hydrogen (secondary N) is 1. The summed E-state index contributed by atoms with van der Waals surface area (Å²) in [4.78, 5) is 29.4. The Labute approximate surface area is 131 Å². The van der Waals surface area contributed by atoms with Crippen LogP contribution in [-0.4, -0.2) is 61.7 Å². The van der Waals surface area contributed by atoms with Crippen molar-refractivity contribution in [2.24, 2.45) is 0 Å². The summed E-state index contributed by atoms with van der Waals surface area (Å²) in [5.41, 5.74) is 0. The van der Waals surface area contributed by atoms with Crippen LogP contribution in [0.1, 0.15) is 16.1 Å². The minimum Gasteiger partial charge on any atom is -0.465 e. The number of carbonyl (C=O) groups excluding carboxylic acids is 2. The maximum Gasteiger partial charge on any atom is 0.351 e. The predicted octanol–water partition coefficient (Wildman–Crippen LogP) is 1.24. The van der Waals surface area contributed by atoms with Crippen molar-refractivity contribution in [1.82, 2.24) is 9.88 Å². The third-order valence-corrected chi connectivity index (χ3v) is 4.31. The Morgan fingerprint density at radius 1 is 1.48 bits per heavy atom. The van der Waals surface area contributed by atoms with Crippen LogP contribution >= 0.6 is 22.9 Å². The first kappa shape index (κ1) is 16.0. The molecule has 2 heterocycles. The number of aromatic nitrogens is 1. The second kappa shape index (κ2) is 7.58. The van der Waals surface area contributed by atoms with Gasteiger partial charge in [0, 0.05) is 26.1 Å². The molecule has 1 aliphatic heterocycles. The van der Waals surface area contributed by atoms with Gasteiger partial charge >= 0.3 is 5.97 Å². The van der Waals surface area contributed by atoms with E-state index < -0.39 is 5.97 Å². The second-order valence-electron chi connectivity index (χ2n) is 4.30. The van der Waals surface area contributed by atoms with Crippen LogP contribution in [0.2, 0.25) is 5.15 Å². The summed E-state index contributed by atoms with van der Waals surface area (Å²) in [7, 11) is 1.28. The van der Waals surface area contributed by atoms with Crippen LogP contribution in [0, 0.1) is 0 Å². The number of nitrogens with zero attached hydrogens (tertiary/aromatic N) is 2. The maximum atomic E-state index is 11.9. The predicted molar refractivity (Wildman–Crippen MR) is 79.0 cm³/mol. The van der Waals surface area contributed by atoms with E-state index in [2.05, 4.69) is 15.0 Å². The zero-order valence-corrected chi connectivity index (χ0v) is 13.1. The highest BCUT2D eigenvalue weighted by Gasteiger charge is 2.18. The molecule has 7 nitrogen and oxygen atoms in total. The maximum absolute atomic E-state index is 11.9. The van der Waals surface area contributed by atoms with Gasteiger partial charge in [0.25, 0.3) is 0 Å². The highest BCUT2D eigenvalue weighted by atomic mass is 35.5. The molecule has 0 bridgehead atoms. The number of hydrogen-bond acceptors (Lipinski definition) is 7. The number of rotatable bonds is 5. The minimum absolute atomic E-state index is 0.0710. The first-order chi connectivity index (χ1) is 10.1. The van der Waals surface area contributed by atoms with E-state index in [1.807, 2.05) is 0 Å². The molecule has 0 saturated carbocycles. The van der Waals surface area contributed by atoms with Crippen molar-refractivity contribution < 1.29 is 19.1 Å².